The number of hydrogen-bond acceptors (Lipinski definition) is 5. The molecule has 2 atom stereocenters. The second kappa shape index (κ2) is 13.6. The van der Waals surface area contributed by atoms with Gasteiger partial charge < -0.3 is 19.9 Å². The van der Waals surface area contributed by atoms with Crippen molar-refractivity contribution in [2.75, 3.05) is 13.2 Å². The highest BCUT2D eigenvalue weighted by atomic mass is 79.9. The summed E-state index contributed by atoms with van der Waals surface area (Å²) in [5.41, 5.74) is 3.94. The van der Waals surface area contributed by atoms with E-state index in [9.17, 15) is 4.79 Å². The molecule has 0 aromatic heterocycles. The fourth-order valence-corrected chi connectivity index (χ4v) is 6.38. The summed E-state index contributed by atoms with van der Waals surface area (Å²) in [4.78, 5) is 19.8. The van der Waals surface area contributed by atoms with Gasteiger partial charge in [-0.1, -0.05) is 101 Å². The van der Waals surface area contributed by atoms with Crippen LogP contribution in [0.4, 0.5) is 0 Å². The molecular formula is C37H35BrN2O4. The molecule has 2 aliphatic rings. The molecule has 0 saturated heterocycles. The van der Waals surface area contributed by atoms with E-state index in [1.165, 1.54) is 11.1 Å². The van der Waals surface area contributed by atoms with Gasteiger partial charge in [-0.2, -0.15) is 0 Å². The molecule has 0 saturated carbocycles. The van der Waals surface area contributed by atoms with Crippen molar-refractivity contribution in [2.24, 2.45) is 4.99 Å². The summed E-state index contributed by atoms with van der Waals surface area (Å²) in [6.45, 7) is 0.508. The number of carbonyl (C=O) groups is 1. The van der Waals surface area contributed by atoms with Crippen LogP contribution in [0, 0.1) is 0 Å². The first-order chi connectivity index (χ1) is 21.6. The Balaban J connectivity index is 1.37. The van der Waals surface area contributed by atoms with E-state index in [4.69, 9.17) is 19.6 Å². The normalized spacial score (nSPS) is 19.4. The first kappa shape index (κ1) is 29.9. The van der Waals surface area contributed by atoms with E-state index < -0.39 is 11.6 Å². The molecule has 0 unspecified atom stereocenters. The topological polar surface area (TPSA) is 80.2 Å². The van der Waals surface area contributed by atoms with Crippen LogP contribution < -0.4 is 10.1 Å². The lowest BCUT2D eigenvalue weighted by Crippen LogP contribution is -2.51. The number of fused-ring (bicyclic) bond motifs is 1. The minimum atomic E-state index is -1.25. The third-order valence-corrected chi connectivity index (χ3v) is 8.86. The molecule has 6 nitrogen and oxygen atoms in total. The zero-order chi connectivity index (χ0) is 30.4. The molecule has 6 rings (SSSR count). The molecule has 44 heavy (non-hydrogen) atoms. The fraction of sp³-hybridized carbons (Fsp3) is 0.243. The molecule has 1 aliphatic heterocycles. The van der Waals surface area contributed by atoms with Crippen LogP contribution >= 0.6 is 15.9 Å². The van der Waals surface area contributed by atoms with Gasteiger partial charge in [0.05, 0.1) is 6.61 Å². The molecule has 4 aromatic carbocycles. The number of aliphatic imine (C=N–C) groups is 1. The Bertz CT molecular complexity index is 1630. The zero-order valence-corrected chi connectivity index (χ0v) is 26.0. The lowest BCUT2D eigenvalue weighted by Gasteiger charge is -2.31. The van der Waals surface area contributed by atoms with Crippen LogP contribution in [0.3, 0.4) is 0 Å². The van der Waals surface area contributed by atoms with Gasteiger partial charge in [-0.3, -0.25) is 4.79 Å². The van der Waals surface area contributed by atoms with Crippen LogP contribution in [0.2, 0.25) is 0 Å². The Morgan fingerprint density at radius 1 is 0.955 bits per heavy atom. The van der Waals surface area contributed by atoms with Crippen molar-refractivity contribution in [3.05, 3.63) is 141 Å². The van der Waals surface area contributed by atoms with E-state index in [1.54, 1.807) is 0 Å². The third kappa shape index (κ3) is 6.49. The van der Waals surface area contributed by atoms with Crippen molar-refractivity contribution >= 4 is 33.8 Å². The molecule has 224 valence electrons. The van der Waals surface area contributed by atoms with Crippen molar-refractivity contribution in [1.29, 1.82) is 0 Å². The van der Waals surface area contributed by atoms with Crippen LogP contribution in [-0.4, -0.2) is 41.7 Å². The van der Waals surface area contributed by atoms with E-state index in [0.717, 1.165) is 34.0 Å². The van der Waals surface area contributed by atoms with Crippen LogP contribution in [0.5, 0.6) is 5.75 Å². The lowest BCUT2D eigenvalue weighted by molar-refractivity contribution is -0.129. The van der Waals surface area contributed by atoms with Crippen LogP contribution in [0.15, 0.2) is 119 Å². The number of benzene rings is 4. The number of aliphatic hydroxyl groups is 1. The molecule has 4 aromatic rings. The summed E-state index contributed by atoms with van der Waals surface area (Å²) in [6, 6.07) is 33.8. The first-order valence-corrected chi connectivity index (χ1v) is 15.8. The second-order valence-corrected chi connectivity index (χ2v) is 12.0. The maximum absolute atomic E-state index is 14.6. The molecular weight excluding hydrogens is 616 g/mol. The molecule has 2 N–H and O–H groups in total. The SMILES string of the molecule is O=C(NC1Cc2ccccc2C1)[C@]1(C/C=C/c2ccccc2)N=C(c2ccc(OCCCO)cc2)O[C@@H]1c1ccccc1Br. The highest BCUT2D eigenvalue weighted by Crippen LogP contribution is 2.45. The van der Waals surface area contributed by atoms with E-state index in [2.05, 4.69) is 33.4 Å². The summed E-state index contributed by atoms with van der Waals surface area (Å²) in [7, 11) is 0. The van der Waals surface area contributed by atoms with Crippen LogP contribution in [0.25, 0.3) is 6.08 Å². The van der Waals surface area contributed by atoms with Gasteiger partial charge in [0.1, 0.15) is 5.75 Å². The Kier molecular flexibility index (Phi) is 9.24. The van der Waals surface area contributed by atoms with Crippen molar-refractivity contribution in [2.45, 2.75) is 43.4 Å². The van der Waals surface area contributed by atoms with Crippen molar-refractivity contribution < 1.29 is 19.4 Å². The number of nitrogens with one attached hydrogen (secondary N) is 1. The minimum absolute atomic E-state index is 0.0238. The largest absolute Gasteiger partial charge is 0.494 e. The molecule has 1 aliphatic carbocycles. The number of halogens is 1. The molecule has 1 amide bonds. The second-order valence-electron chi connectivity index (χ2n) is 11.2. The standard InChI is InChI=1S/C37H35BrN2O4/c38-33-16-7-6-15-32(33)34-37(21-8-12-26-10-2-1-3-11-26,36(42)39-30-24-28-13-4-5-14-29(28)25-30)40-35(44-34)27-17-19-31(20-18-27)43-23-9-22-41/h1-8,10-20,30,34,41H,9,21-25H2,(H,39,42)/b12-8+/t34-,37-/m1/s1. The van der Waals surface area contributed by atoms with Gasteiger partial charge >= 0.3 is 0 Å². The Morgan fingerprint density at radius 2 is 1.64 bits per heavy atom. The predicted molar refractivity (Wildman–Crippen MR) is 177 cm³/mol. The summed E-state index contributed by atoms with van der Waals surface area (Å²) in [5, 5.41) is 12.4. The van der Waals surface area contributed by atoms with Gasteiger partial charge in [0.15, 0.2) is 11.6 Å². The maximum Gasteiger partial charge on any atom is 0.252 e. The molecule has 0 spiro atoms. The van der Waals surface area contributed by atoms with Crippen molar-refractivity contribution in [3.8, 4) is 5.75 Å². The van der Waals surface area contributed by atoms with Gasteiger partial charge in [-0.15, -0.1) is 0 Å². The van der Waals surface area contributed by atoms with Gasteiger partial charge in [0.25, 0.3) is 5.91 Å². The van der Waals surface area contributed by atoms with E-state index in [1.807, 2.05) is 103 Å². The fourth-order valence-electron chi connectivity index (χ4n) is 5.89. The number of aliphatic hydroxyl groups excluding tert-OH is 1. The Morgan fingerprint density at radius 3 is 2.34 bits per heavy atom. The number of nitrogens with zero attached hydrogens (tertiary/aromatic N) is 1. The van der Waals surface area contributed by atoms with Crippen molar-refractivity contribution in [1.82, 2.24) is 5.32 Å². The predicted octanol–water partition coefficient (Wildman–Crippen LogP) is 6.85. The smallest absolute Gasteiger partial charge is 0.252 e. The minimum Gasteiger partial charge on any atom is -0.494 e. The number of rotatable bonds is 11. The first-order valence-electron chi connectivity index (χ1n) is 15.0. The summed E-state index contributed by atoms with van der Waals surface area (Å²) in [5.74, 6) is 0.942. The van der Waals surface area contributed by atoms with Crippen LogP contribution in [-0.2, 0) is 22.4 Å². The monoisotopic (exact) mass is 650 g/mol. The Hall–Kier alpha value is -4.20. The quantitative estimate of drug-likeness (QED) is 0.174. The van der Waals surface area contributed by atoms with Gasteiger partial charge in [0, 0.05) is 41.1 Å². The van der Waals surface area contributed by atoms with E-state index >= 15 is 0 Å². The molecule has 1 heterocycles. The highest BCUT2D eigenvalue weighted by molar-refractivity contribution is 9.10. The molecule has 0 fully saturated rings. The van der Waals surface area contributed by atoms with Crippen LogP contribution in [0.1, 0.15) is 46.8 Å². The maximum atomic E-state index is 14.6. The van der Waals surface area contributed by atoms with Gasteiger partial charge in [-0.25, -0.2) is 4.99 Å². The lowest BCUT2D eigenvalue weighted by atomic mass is 9.83. The molecule has 0 bridgehead atoms. The summed E-state index contributed by atoms with van der Waals surface area (Å²) in [6.07, 6.45) is 5.85. The summed E-state index contributed by atoms with van der Waals surface area (Å²) >= 11 is 3.72. The number of hydrogen-bond donors (Lipinski definition) is 2. The Labute approximate surface area is 266 Å². The number of carbonyl (C=O) groups excluding carboxylic acids is 1. The van der Waals surface area contributed by atoms with E-state index in [0.29, 0.717) is 31.1 Å². The molecule has 7 heteroatoms. The molecule has 0 radical (unpaired) electrons. The third-order valence-electron chi connectivity index (χ3n) is 8.14. The van der Waals surface area contributed by atoms with Gasteiger partial charge in [-0.05, 0) is 59.9 Å². The number of amides is 1. The highest BCUT2D eigenvalue weighted by Gasteiger charge is 2.53. The average molecular weight is 652 g/mol. The van der Waals surface area contributed by atoms with Gasteiger partial charge in [0.2, 0.25) is 5.90 Å². The summed E-state index contributed by atoms with van der Waals surface area (Å²) < 4.78 is 13.2. The number of ether oxygens (including phenoxy) is 2. The average Bonchev–Trinajstić information content (AvgIpc) is 3.64. The van der Waals surface area contributed by atoms with E-state index in [-0.39, 0.29) is 18.6 Å². The zero-order valence-electron chi connectivity index (χ0n) is 24.4. The van der Waals surface area contributed by atoms with Crippen molar-refractivity contribution in [3.63, 3.8) is 0 Å².